The second-order valence-corrected chi connectivity index (χ2v) is 4.21. The molecule has 2 aromatic carbocycles. The highest BCUT2D eigenvalue weighted by molar-refractivity contribution is 5.45. The maximum absolute atomic E-state index is 12.5. The van der Waals surface area contributed by atoms with Crippen LogP contribution in [0, 0.1) is 0 Å². The number of para-hydroxylation sites is 1. The molecule has 4 heteroatoms. The average Bonchev–Trinajstić information content (AvgIpc) is 2.46. The van der Waals surface area contributed by atoms with Crippen molar-refractivity contribution in [2.24, 2.45) is 0 Å². The largest absolute Gasteiger partial charge is 0.394 e. The van der Waals surface area contributed by atoms with E-state index in [-0.39, 0.29) is 18.2 Å². The minimum absolute atomic E-state index is 0.0137. The predicted octanol–water partition coefficient (Wildman–Crippen LogP) is 3.77. The summed E-state index contributed by atoms with van der Waals surface area (Å²) in [5.41, 5.74) is 1.63. The van der Waals surface area contributed by atoms with E-state index < -0.39 is 6.43 Å². The van der Waals surface area contributed by atoms with E-state index in [1.807, 2.05) is 30.3 Å². The molecule has 0 saturated heterocycles. The fraction of sp³-hybridized carbons (Fsp3) is 0.200. The molecule has 0 radical (unpaired) electrons. The Bertz CT molecular complexity index is 499. The number of aliphatic hydroxyl groups is 1. The van der Waals surface area contributed by atoms with Gasteiger partial charge < -0.3 is 10.4 Å². The van der Waals surface area contributed by atoms with Crippen LogP contribution >= 0.6 is 0 Å². The summed E-state index contributed by atoms with van der Waals surface area (Å²) in [6, 6.07) is 15.1. The van der Waals surface area contributed by atoms with Crippen molar-refractivity contribution in [2.75, 3.05) is 11.9 Å². The highest BCUT2D eigenvalue weighted by Crippen LogP contribution is 2.23. The molecular weight excluding hydrogens is 248 g/mol. The first-order chi connectivity index (χ1) is 9.20. The first kappa shape index (κ1) is 13.5. The summed E-state index contributed by atoms with van der Waals surface area (Å²) in [4.78, 5) is 0. The Labute approximate surface area is 110 Å². The molecule has 1 atom stereocenters. The van der Waals surface area contributed by atoms with Gasteiger partial charge in [0.15, 0.2) is 0 Å². The van der Waals surface area contributed by atoms with E-state index in [4.69, 9.17) is 0 Å². The zero-order valence-electron chi connectivity index (χ0n) is 10.3. The maximum Gasteiger partial charge on any atom is 0.263 e. The summed E-state index contributed by atoms with van der Waals surface area (Å²) in [6.07, 6.45) is -2.47. The number of hydrogen-bond donors (Lipinski definition) is 2. The topological polar surface area (TPSA) is 32.3 Å². The molecule has 2 nitrogen and oxygen atoms in total. The van der Waals surface area contributed by atoms with Gasteiger partial charge in [-0.15, -0.1) is 0 Å². The average molecular weight is 263 g/mol. The van der Waals surface area contributed by atoms with Crippen molar-refractivity contribution in [2.45, 2.75) is 12.5 Å². The molecule has 0 fully saturated rings. The lowest BCUT2D eigenvalue weighted by molar-refractivity contribution is 0.151. The van der Waals surface area contributed by atoms with E-state index in [9.17, 15) is 13.9 Å². The first-order valence-corrected chi connectivity index (χ1v) is 6.01. The second-order valence-electron chi connectivity index (χ2n) is 4.21. The van der Waals surface area contributed by atoms with Gasteiger partial charge in [0.05, 0.1) is 12.6 Å². The first-order valence-electron chi connectivity index (χ1n) is 6.01. The zero-order chi connectivity index (χ0) is 13.7. The third kappa shape index (κ3) is 3.51. The van der Waals surface area contributed by atoms with Crippen LogP contribution in [0.2, 0.25) is 0 Å². The summed E-state index contributed by atoms with van der Waals surface area (Å²) in [5, 5.41) is 12.6. The highest BCUT2D eigenvalue weighted by atomic mass is 19.3. The van der Waals surface area contributed by atoms with Crippen LogP contribution in [-0.2, 0) is 0 Å². The number of rotatable bonds is 5. The molecule has 0 heterocycles. The van der Waals surface area contributed by atoms with Crippen molar-refractivity contribution in [1.82, 2.24) is 0 Å². The van der Waals surface area contributed by atoms with Crippen LogP contribution < -0.4 is 5.32 Å². The summed E-state index contributed by atoms with van der Waals surface area (Å²) in [5.74, 6) is 0. The summed E-state index contributed by atoms with van der Waals surface area (Å²) in [6.45, 7) is -0.108. The number of anilines is 1. The molecule has 0 aromatic heterocycles. The number of halogens is 2. The van der Waals surface area contributed by atoms with Crippen LogP contribution in [0.25, 0.3) is 0 Å². The summed E-state index contributed by atoms with van der Waals surface area (Å²) in [7, 11) is 0. The standard InChI is InChI=1S/C15H15F2NO/c16-15(17)12-8-6-11(7-9-12)14(10-19)18-13-4-2-1-3-5-13/h1-9,14-15,18-19H,10H2. The van der Waals surface area contributed by atoms with Gasteiger partial charge in [-0.25, -0.2) is 8.78 Å². The molecular formula is C15H15F2NO. The third-order valence-corrected chi connectivity index (χ3v) is 2.89. The minimum Gasteiger partial charge on any atom is -0.394 e. The molecule has 100 valence electrons. The molecule has 19 heavy (non-hydrogen) atoms. The number of aliphatic hydroxyl groups excluding tert-OH is 1. The van der Waals surface area contributed by atoms with Gasteiger partial charge in [-0.05, 0) is 17.7 Å². The van der Waals surface area contributed by atoms with Crippen LogP contribution in [0.15, 0.2) is 54.6 Å². The quantitative estimate of drug-likeness (QED) is 0.860. The molecule has 0 aliphatic carbocycles. The smallest absolute Gasteiger partial charge is 0.263 e. The van der Waals surface area contributed by atoms with E-state index in [0.717, 1.165) is 11.3 Å². The monoisotopic (exact) mass is 263 g/mol. The van der Waals surface area contributed by atoms with E-state index in [1.54, 1.807) is 12.1 Å². The Hall–Kier alpha value is -1.94. The van der Waals surface area contributed by atoms with Gasteiger partial charge in [-0.1, -0.05) is 42.5 Å². The lowest BCUT2D eigenvalue weighted by Crippen LogP contribution is -2.14. The van der Waals surface area contributed by atoms with Crippen LogP contribution in [0.4, 0.5) is 14.5 Å². The zero-order valence-corrected chi connectivity index (χ0v) is 10.3. The van der Waals surface area contributed by atoms with Gasteiger partial charge in [0, 0.05) is 11.3 Å². The molecule has 0 bridgehead atoms. The van der Waals surface area contributed by atoms with Crippen LogP contribution in [0.1, 0.15) is 23.6 Å². The van der Waals surface area contributed by atoms with Crippen molar-refractivity contribution >= 4 is 5.69 Å². The van der Waals surface area contributed by atoms with E-state index >= 15 is 0 Å². The van der Waals surface area contributed by atoms with E-state index in [1.165, 1.54) is 12.1 Å². The minimum atomic E-state index is -2.47. The van der Waals surface area contributed by atoms with Crippen molar-refractivity contribution in [3.63, 3.8) is 0 Å². The Morgan fingerprint density at radius 3 is 2.00 bits per heavy atom. The Morgan fingerprint density at radius 2 is 1.47 bits per heavy atom. The lowest BCUT2D eigenvalue weighted by Gasteiger charge is -2.18. The SMILES string of the molecule is OCC(Nc1ccccc1)c1ccc(C(F)F)cc1. The van der Waals surface area contributed by atoms with Crippen LogP contribution in [0.3, 0.4) is 0 Å². The molecule has 0 aliphatic heterocycles. The number of alkyl halides is 2. The number of nitrogens with one attached hydrogen (secondary N) is 1. The van der Waals surface area contributed by atoms with Crippen molar-refractivity contribution in [3.8, 4) is 0 Å². The normalized spacial score (nSPS) is 12.4. The Kier molecular flexibility index (Phi) is 4.47. The highest BCUT2D eigenvalue weighted by Gasteiger charge is 2.12. The molecule has 1 unspecified atom stereocenters. The number of hydrogen-bond acceptors (Lipinski definition) is 2. The molecule has 0 aliphatic rings. The van der Waals surface area contributed by atoms with Crippen LogP contribution in [0.5, 0.6) is 0 Å². The fourth-order valence-corrected chi connectivity index (χ4v) is 1.84. The molecule has 0 saturated carbocycles. The van der Waals surface area contributed by atoms with Gasteiger partial charge in [-0.2, -0.15) is 0 Å². The fourth-order valence-electron chi connectivity index (χ4n) is 1.84. The molecule has 2 N–H and O–H groups in total. The van der Waals surface area contributed by atoms with Crippen molar-refractivity contribution in [3.05, 3.63) is 65.7 Å². The summed E-state index contributed by atoms with van der Waals surface area (Å²) < 4.78 is 24.9. The number of benzene rings is 2. The van der Waals surface area contributed by atoms with Gasteiger partial charge in [0.1, 0.15) is 0 Å². The molecule has 2 rings (SSSR count). The van der Waals surface area contributed by atoms with Crippen molar-refractivity contribution in [1.29, 1.82) is 0 Å². The van der Waals surface area contributed by atoms with Gasteiger partial charge in [0.25, 0.3) is 6.43 Å². The third-order valence-electron chi connectivity index (χ3n) is 2.89. The molecule has 2 aromatic rings. The second kappa shape index (κ2) is 6.29. The van der Waals surface area contributed by atoms with Gasteiger partial charge >= 0.3 is 0 Å². The lowest BCUT2D eigenvalue weighted by atomic mass is 10.0. The Morgan fingerprint density at radius 1 is 0.895 bits per heavy atom. The van der Waals surface area contributed by atoms with Gasteiger partial charge in [0.2, 0.25) is 0 Å². The molecule has 0 spiro atoms. The molecule has 0 amide bonds. The van der Waals surface area contributed by atoms with Gasteiger partial charge in [-0.3, -0.25) is 0 Å². The van der Waals surface area contributed by atoms with Crippen LogP contribution in [-0.4, -0.2) is 11.7 Å². The predicted molar refractivity (Wildman–Crippen MR) is 71.3 cm³/mol. The maximum atomic E-state index is 12.5. The van der Waals surface area contributed by atoms with E-state index in [2.05, 4.69) is 5.32 Å². The van der Waals surface area contributed by atoms with Crippen molar-refractivity contribution < 1.29 is 13.9 Å². The Balaban J connectivity index is 2.13. The van der Waals surface area contributed by atoms with E-state index in [0.29, 0.717) is 0 Å². The summed E-state index contributed by atoms with van der Waals surface area (Å²) >= 11 is 0.